The summed E-state index contributed by atoms with van der Waals surface area (Å²) in [5, 5.41) is 0. The minimum absolute atomic E-state index is 0.0302. The van der Waals surface area contributed by atoms with Gasteiger partial charge in [0.15, 0.2) is 0 Å². The van der Waals surface area contributed by atoms with E-state index in [1.54, 1.807) is 31.5 Å². The molecule has 3 rings (SSSR count). The Labute approximate surface area is 123 Å². The fourth-order valence-electron chi connectivity index (χ4n) is 2.38. The molecule has 0 spiro atoms. The zero-order valence-corrected chi connectivity index (χ0v) is 11.9. The molecule has 21 heavy (non-hydrogen) atoms. The van der Waals surface area contributed by atoms with Crippen LogP contribution in [0.25, 0.3) is 0 Å². The third-order valence-electron chi connectivity index (χ3n) is 3.76. The molecule has 0 unspecified atom stereocenters. The first-order chi connectivity index (χ1) is 10.1. The van der Waals surface area contributed by atoms with Crippen LogP contribution in [-0.2, 0) is 6.54 Å². The van der Waals surface area contributed by atoms with Gasteiger partial charge in [0.05, 0.1) is 0 Å². The van der Waals surface area contributed by atoms with Crippen LogP contribution in [0.4, 0.5) is 4.39 Å². The van der Waals surface area contributed by atoms with Crippen LogP contribution >= 0.6 is 0 Å². The molecule has 108 valence electrons. The van der Waals surface area contributed by atoms with E-state index in [1.165, 1.54) is 6.07 Å². The monoisotopic (exact) mass is 284 g/mol. The first-order valence-corrected chi connectivity index (χ1v) is 7.11. The molecule has 1 aliphatic carbocycles. The number of benzene rings is 1. The van der Waals surface area contributed by atoms with Crippen LogP contribution in [0.15, 0.2) is 42.7 Å². The fraction of sp³-hybridized carbons (Fsp3) is 0.294. The van der Waals surface area contributed by atoms with Crippen molar-refractivity contribution >= 4 is 5.91 Å². The lowest BCUT2D eigenvalue weighted by Crippen LogP contribution is -2.32. The molecular weight excluding hydrogens is 267 g/mol. The second-order valence-corrected chi connectivity index (χ2v) is 5.48. The predicted molar refractivity (Wildman–Crippen MR) is 78.3 cm³/mol. The fourth-order valence-corrected chi connectivity index (χ4v) is 2.38. The third-order valence-corrected chi connectivity index (χ3v) is 3.76. The van der Waals surface area contributed by atoms with Crippen LogP contribution in [0, 0.1) is 12.7 Å². The Hall–Kier alpha value is -2.23. The van der Waals surface area contributed by atoms with Gasteiger partial charge < -0.3 is 4.90 Å². The van der Waals surface area contributed by atoms with Gasteiger partial charge in [0, 0.05) is 30.5 Å². The Kier molecular flexibility index (Phi) is 3.69. The van der Waals surface area contributed by atoms with E-state index >= 15 is 0 Å². The highest BCUT2D eigenvalue weighted by Gasteiger charge is 2.33. The quantitative estimate of drug-likeness (QED) is 0.862. The highest BCUT2D eigenvalue weighted by molar-refractivity contribution is 5.94. The summed E-state index contributed by atoms with van der Waals surface area (Å²) in [7, 11) is 0. The van der Waals surface area contributed by atoms with Gasteiger partial charge in [-0.25, -0.2) is 4.39 Å². The summed E-state index contributed by atoms with van der Waals surface area (Å²) in [5.41, 5.74) is 2.11. The van der Waals surface area contributed by atoms with Gasteiger partial charge in [-0.2, -0.15) is 0 Å². The number of halogens is 1. The summed E-state index contributed by atoms with van der Waals surface area (Å²) in [6.07, 6.45) is 5.54. The average molecular weight is 284 g/mol. The molecule has 0 saturated heterocycles. The lowest BCUT2D eigenvalue weighted by Gasteiger charge is -2.23. The molecule has 1 aromatic heterocycles. The SMILES string of the molecule is Cc1cc(C(=O)N(Cc2ccncc2)C2CC2)ccc1F. The van der Waals surface area contributed by atoms with Gasteiger partial charge in [-0.05, 0) is 61.2 Å². The Morgan fingerprint density at radius 1 is 1.29 bits per heavy atom. The standard InChI is InChI=1S/C17H17FN2O/c1-12-10-14(2-5-16(12)18)17(21)20(15-3-4-15)11-13-6-8-19-9-7-13/h2,5-10,15H,3-4,11H2,1H3. The minimum Gasteiger partial charge on any atom is -0.331 e. The van der Waals surface area contributed by atoms with Crippen LogP contribution in [0.3, 0.4) is 0 Å². The van der Waals surface area contributed by atoms with E-state index in [0.29, 0.717) is 23.7 Å². The summed E-state index contributed by atoms with van der Waals surface area (Å²) in [4.78, 5) is 18.6. The van der Waals surface area contributed by atoms with Gasteiger partial charge in [0.25, 0.3) is 5.91 Å². The van der Waals surface area contributed by atoms with Gasteiger partial charge in [-0.1, -0.05) is 0 Å². The molecule has 1 fully saturated rings. The summed E-state index contributed by atoms with van der Waals surface area (Å²) in [5.74, 6) is -0.309. The van der Waals surface area contributed by atoms with Crippen LogP contribution in [0.5, 0.6) is 0 Å². The Bertz CT molecular complexity index is 653. The molecule has 0 aliphatic heterocycles. The molecule has 0 bridgehead atoms. The van der Waals surface area contributed by atoms with Gasteiger partial charge in [0.1, 0.15) is 5.82 Å². The van der Waals surface area contributed by atoms with Crippen molar-refractivity contribution in [2.45, 2.75) is 32.4 Å². The maximum atomic E-state index is 13.3. The zero-order chi connectivity index (χ0) is 14.8. The molecular formula is C17H17FN2O. The van der Waals surface area contributed by atoms with Crippen molar-refractivity contribution in [3.63, 3.8) is 0 Å². The number of nitrogens with zero attached hydrogens (tertiary/aromatic N) is 2. The average Bonchev–Trinajstić information content (AvgIpc) is 3.33. The summed E-state index contributed by atoms with van der Waals surface area (Å²) in [6, 6.07) is 8.68. The number of hydrogen-bond acceptors (Lipinski definition) is 2. The molecule has 1 heterocycles. The van der Waals surface area contributed by atoms with Crippen LogP contribution < -0.4 is 0 Å². The maximum absolute atomic E-state index is 13.3. The highest BCUT2D eigenvalue weighted by Crippen LogP contribution is 2.30. The first kappa shape index (κ1) is 13.7. The van der Waals surface area contributed by atoms with E-state index < -0.39 is 0 Å². The number of pyridine rings is 1. The van der Waals surface area contributed by atoms with E-state index in [4.69, 9.17) is 0 Å². The zero-order valence-electron chi connectivity index (χ0n) is 11.9. The number of carbonyl (C=O) groups excluding carboxylic acids is 1. The first-order valence-electron chi connectivity index (χ1n) is 7.11. The van der Waals surface area contributed by atoms with Gasteiger partial charge in [-0.3, -0.25) is 9.78 Å². The van der Waals surface area contributed by atoms with E-state index in [0.717, 1.165) is 18.4 Å². The van der Waals surface area contributed by atoms with Crippen molar-refractivity contribution in [1.29, 1.82) is 0 Å². The largest absolute Gasteiger partial charge is 0.331 e. The second-order valence-electron chi connectivity index (χ2n) is 5.48. The number of aromatic nitrogens is 1. The number of rotatable bonds is 4. The van der Waals surface area contributed by atoms with Gasteiger partial charge in [-0.15, -0.1) is 0 Å². The topological polar surface area (TPSA) is 33.2 Å². The van der Waals surface area contributed by atoms with Crippen LogP contribution in [-0.4, -0.2) is 21.8 Å². The van der Waals surface area contributed by atoms with Crippen LogP contribution in [0.1, 0.15) is 34.3 Å². The van der Waals surface area contributed by atoms with Crippen molar-refractivity contribution in [3.05, 3.63) is 65.2 Å². The lowest BCUT2D eigenvalue weighted by atomic mass is 10.1. The third kappa shape index (κ3) is 3.10. The van der Waals surface area contributed by atoms with Crippen molar-refractivity contribution in [2.24, 2.45) is 0 Å². The summed E-state index contributed by atoms with van der Waals surface area (Å²) >= 11 is 0. The number of carbonyl (C=O) groups is 1. The normalized spacial score (nSPS) is 14.0. The molecule has 1 aliphatic rings. The summed E-state index contributed by atoms with van der Waals surface area (Å²) in [6.45, 7) is 2.25. The van der Waals surface area contributed by atoms with Crippen molar-refractivity contribution in [2.75, 3.05) is 0 Å². The van der Waals surface area contributed by atoms with E-state index in [1.807, 2.05) is 17.0 Å². The number of aryl methyl sites for hydroxylation is 1. The molecule has 3 nitrogen and oxygen atoms in total. The van der Waals surface area contributed by atoms with E-state index in [-0.39, 0.29) is 11.7 Å². The number of amides is 1. The maximum Gasteiger partial charge on any atom is 0.254 e. The minimum atomic E-state index is -0.279. The number of hydrogen-bond donors (Lipinski definition) is 0. The van der Waals surface area contributed by atoms with Crippen LogP contribution in [0.2, 0.25) is 0 Å². The molecule has 4 heteroatoms. The predicted octanol–water partition coefficient (Wildman–Crippen LogP) is 3.33. The molecule has 0 radical (unpaired) electrons. The smallest absolute Gasteiger partial charge is 0.254 e. The van der Waals surface area contributed by atoms with Gasteiger partial charge in [0.2, 0.25) is 0 Å². The lowest BCUT2D eigenvalue weighted by molar-refractivity contribution is 0.0729. The van der Waals surface area contributed by atoms with Crippen molar-refractivity contribution in [3.8, 4) is 0 Å². The Morgan fingerprint density at radius 2 is 2.00 bits per heavy atom. The molecule has 1 aromatic carbocycles. The van der Waals surface area contributed by atoms with Crippen molar-refractivity contribution < 1.29 is 9.18 Å². The van der Waals surface area contributed by atoms with E-state index in [9.17, 15) is 9.18 Å². The molecule has 0 N–H and O–H groups in total. The molecule has 0 atom stereocenters. The Morgan fingerprint density at radius 3 is 2.62 bits per heavy atom. The Balaban J connectivity index is 1.83. The van der Waals surface area contributed by atoms with Crippen molar-refractivity contribution in [1.82, 2.24) is 9.88 Å². The molecule has 1 amide bonds. The second kappa shape index (κ2) is 5.64. The molecule has 2 aromatic rings. The summed E-state index contributed by atoms with van der Waals surface area (Å²) < 4.78 is 13.3. The molecule has 1 saturated carbocycles. The van der Waals surface area contributed by atoms with Gasteiger partial charge >= 0.3 is 0 Å². The highest BCUT2D eigenvalue weighted by atomic mass is 19.1. The van der Waals surface area contributed by atoms with E-state index in [2.05, 4.69) is 4.98 Å².